The average Bonchev–Trinajstić information content (AvgIpc) is 2.58. The summed E-state index contributed by atoms with van der Waals surface area (Å²) < 4.78 is 12.9. The Labute approximate surface area is 139 Å². The molecule has 2 aromatic rings. The van der Waals surface area contributed by atoms with E-state index in [2.05, 4.69) is 37.4 Å². The van der Waals surface area contributed by atoms with Gasteiger partial charge in [0.25, 0.3) is 0 Å². The lowest BCUT2D eigenvalue weighted by Gasteiger charge is -2.33. The van der Waals surface area contributed by atoms with E-state index in [9.17, 15) is 9.18 Å². The molecule has 3 rings (SSSR count). The van der Waals surface area contributed by atoms with Gasteiger partial charge >= 0.3 is 6.03 Å². The summed E-state index contributed by atoms with van der Waals surface area (Å²) in [6.45, 7) is 3.71. The van der Waals surface area contributed by atoms with E-state index in [-0.39, 0.29) is 5.82 Å². The van der Waals surface area contributed by atoms with Crippen LogP contribution in [0.2, 0.25) is 0 Å². The van der Waals surface area contributed by atoms with Gasteiger partial charge in [-0.3, -0.25) is 5.32 Å². The molecule has 0 aliphatic carbocycles. The highest BCUT2D eigenvalue weighted by Gasteiger charge is 2.16. The molecule has 24 heavy (non-hydrogen) atoms. The van der Waals surface area contributed by atoms with Crippen molar-refractivity contribution in [1.82, 2.24) is 14.9 Å². The minimum absolute atomic E-state index is 0.353. The highest BCUT2D eigenvalue weighted by molar-refractivity contribution is 5.99. The van der Waals surface area contributed by atoms with E-state index in [1.165, 1.54) is 30.6 Å². The number of hydrogen-bond acceptors (Lipinski definition) is 5. The minimum Gasteiger partial charge on any atom is -0.354 e. The molecule has 2 amide bonds. The van der Waals surface area contributed by atoms with Crippen LogP contribution in [0.3, 0.4) is 0 Å². The number of halogens is 1. The zero-order valence-electron chi connectivity index (χ0n) is 13.4. The van der Waals surface area contributed by atoms with Gasteiger partial charge in [0.2, 0.25) is 0 Å². The van der Waals surface area contributed by atoms with Gasteiger partial charge in [-0.15, -0.1) is 0 Å². The minimum atomic E-state index is -0.440. The molecule has 2 N–H and O–H groups in total. The quantitative estimate of drug-likeness (QED) is 0.901. The van der Waals surface area contributed by atoms with Gasteiger partial charge < -0.3 is 15.1 Å². The lowest BCUT2D eigenvalue weighted by Crippen LogP contribution is -2.44. The van der Waals surface area contributed by atoms with E-state index >= 15 is 0 Å². The highest BCUT2D eigenvalue weighted by Crippen LogP contribution is 2.16. The Bertz CT molecular complexity index is 700. The van der Waals surface area contributed by atoms with Crippen LogP contribution < -0.4 is 15.5 Å². The van der Waals surface area contributed by atoms with Crippen LogP contribution in [0.15, 0.2) is 36.7 Å². The molecule has 1 fully saturated rings. The number of amides is 2. The molecule has 7 nitrogen and oxygen atoms in total. The fraction of sp³-hybridized carbons (Fsp3) is 0.312. The summed E-state index contributed by atoms with van der Waals surface area (Å²) in [5.41, 5.74) is 0.502. The van der Waals surface area contributed by atoms with Gasteiger partial charge in [-0.25, -0.2) is 19.2 Å². The second-order valence-corrected chi connectivity index (χ2v) is 5.64. The molecular weight excluding hydrogens is 311 g/mol. The lowest BCUT2D eigenvalue weighted by molar-refractivity contribution is 0.262. The standard InChI is InChI=1S/C16H19FN6O/c1-22-6-8-23(9-7-22)15-10-14(18-11-19-15)21-16(24)20-13-4-2-12(17)3-5-13/h2-5,10-11H,6-9H2,1H3,(H2,18,19,20,21,24). The molecule has 0 spiro atoms. The van der Waals surface area contributed by atoms with Crippen LogP contribution in [0.25, 0.3) is 0 Å². The third-order valence-electron chi connectivity index (χ3n) is 3.82. The molecule has 1 aliphatic rings. The monoisotopic (exact) mass is 330 g/mol. The van der Waals surface area contributed by atoms with Crippen LogP contribution in [0.5, 0.6) is 0 Å². The second-order valence-electron chi connectivity index (χ2n) is 5.64. The van der Waals surface area contributed by atoms with Gasteiger partial charge in [0, 0.05) is 37.9 Å². The Hall–Kier alpha value is -2.74. The van der Waals surface area contributed by atoms with Gasteiger partial charge in [0.15, 0.2) is 0 Å². The normalized spacial score (nSPS) is 15.2. The Morgan fingerprint density at radius 1 is 1.08 bits per heavy atom. The Morgan fingerprint density at radius 2 is 1.79 bits per heavy atom. The van der Waals surface area contributed by atoms with Crippen molar-refractivity contribution in [2.24, 2.45) is 0 Å². The molecule has 0 bridgehead atoms. The van der Waals surface area contributed by atoms with E-state index in [0.29, 0.717) is 11.5 Å². The Balaban J connectivity index is 1.61. The molecule has 8 heteroatoms. The number of urea groups is 1. The molecule has 1 aromatic carbocycles. The van der Waals surface area contributed by atoms with Crippen molar-refractivity contribution >= 4 is 23.4 Å². The van der Waals surface area contributed by atoms with Gasteiger partial charge in [0.05, 0.1) is 0 Å². The smallest absolute Gasteiger partial charge is 0.324 e. The predicted molar refractivity (Wildman–Crippen MR) is 90.8 cm³/mol. The number of piperazine rings is 1. The molecule has 0 saturated carbocycles. The number of nitrogens with zero attached hydrogens (tertiary/aromatic N) is 4. The predicted octanol–water partition coefficient (Wildman–Crippen LogP) is 2.01. The molecule has 2 heterocycles. The molecule has 0 unspecified atom stereocenters. The van der Waals surface area contributed by atoms with Crippen molar-refractivity contribution in [3.8, 4) is 0 Å². The number of anilines is 3. The first-order valence-electron chi connectivity index (χ1n) is 7.69. The van der Waals surface area contributed by atoms with Gasteiger partial charge in [-0.05, 0) is 31.3 Å². The third-order valence-corrected chi connectivity index (χ3v) is 3.82. The van der Waals surface area contributed by atoms with E-state index in [4.69, 9.17) is 0 Å². The van der Waals surface area contributed by atoms with Crippen LogP contribution in [-0.2, 0) is 0 Å². The van der Waals surface area contributed by atoms with E-state index in [1.807, 2.05) is 0 Å². The molecule has 0 atom stereocenters. The van der Waals surface area contributed by atoms with Crippen LogP contribution in [-0.4, -0.2) is 54.1 Å². The number of aromatic nitrogens is 2. The van der Waals surface area contributed by atoms with E-state index < -0.39 is 6.03 Å². The van der Waals surface area contributed by atoms with E-state index in [0.717, 1.165) is 32.0 Å². The Kier molecular flexibility index (Phi) is 4.85. The van der Waals surface area contributed by atoms with Crippen molar-refractivity contribution in [1.29, 1.82) is 0 Å². The average molecular weight is 330 g/mol. The first kappa shape index (κ1) is 16.1. The molecule has 126 valence electrons. The number of benzene rings is 1. The number of likely N-dealkylation sites (N-methyl/N-ethyl adjacent to an activating group) is 1. The van der Waals surface area contributed by atoms with Gasteiger partial charge in [-0.2, -0.15) is 0 Å². The number of rotatable bonds is 3. The number of carbonyl (C=O) groups is 1. The summed E-state index contributed by atoms with van der Waals surface area (Å²) in [7, 11) is 2.09. The maximum Gasteiger partial charge on any atom is 0.324 e. The summed E-state index contributed by atoms with van der Waals surface area (Å²) in [5.74, 6) is 0.849. The summed E-state index contributed by atoms with van der Waals surface area (Å²) in [5, 5.41) is 5.29. The first-order chi connectivity index (χ1) is 11.6. The van der Waals surface area contributed by atoms with Crippen molar-refractivity contribution in [2.75, 3.05) is 48.8 Å². The molecule has 0 radical (unpaired) electrons. The zero-order chi connectivity index (χ0) is 16.9. The third kappa shape index (κ3) is 4.17. The molecule has 1 aromatic heterocycles. The maximum atomic E-state index is 12.9. The SMILES string of the molecule is CN1CCN(c2cc(NC(=O)Nc3ccc(F)cc3)ncn2)CC1. The largest absolute Gasteiger partial charge is 0.354 e. The number of hydrogen-bond donors (Lipinski definition) is 2. The van der Waals surface area contributed by atoms with Crippen molar-refractivity contribution in [3.05, 3.63) is 42.5 Å². The van der Waals surface area contributed by atoms with Crippen LogP contribution in [0.4, 0.5) is 26.5 Å². The van der Waals surface area contributed by atoms with Gasteiger partial charge in [-0.1, -0.05) is 0 Å². The fourth-order valence-corrected chi connectivity index (χ4v) is 2.44. The van der Waals surface area contributed by atoms with E-state index in [1.54, 1.807) is 6.07 Å². The molecule has 1 aliphatic heterocycles. The Morgan fingerprint density at radius 3 is 2.50 bits per heavy atom. The molecule has 1 saturated heterocycles. The van der Waals surface area contributed by atoms with Crippen molar-refractivity contribution < 1.29 is 9.18 Å². The summed E-state index contributed by atoms with van der Waals surface area (Å²) in [6.07, 6.45) is 1.43. The first-order valence-corrected chi connectivity index (χ1v) is 7.69. The second kappa shape index (κ2) is 7.22. The summed E-state index contributed by atoms with van der Waals surface area (Å²) in [4.78, 5) is 24.8. The topological polar surface area (TPSA) is 73.4 Å². The van der Waals surface area contributed by atoms with Crippen LogP contribution in [0, 0.1) is 5.82 Å². The van der Waals surface area contributed by atoms with Crippen LogP contribution in [0.1, 0.15) is 0 Å². The summed E-state index contributed by atoms with van der Waals surface area (Å²) >= 11 is 0. The van der Waals surface area contributed by atoms with Crippen molar-refractivity contribution in [3.63, 3.8) is 0 Å². The lowest BCUT2D eigenvalue weighted by atomic mass is 10.3. The van der Waals surface area contributed by atoms with Crippen LogP contribution >= 0.6 is 0 Å². The molecular formula is C16H19FN6O. The maximum absolute atomic E-state index is 12.9. The number of carbonyl (C=O) groups excluding carboxylic acids is 1. The zero-order valence-corrected chi connectivity index (χ0v) is 13.4. The summed E-state index contributed by atoms with van der Waals surface area (Å²) in [6, 6.07) is 6.85. The van der Waals surface area contributed by atoms with Crippen molar-refractivity contribution in [2.45, 2.75) is 0 Å². The van der Waals surface area contributed by atoms with Gasteiger partial charge in [0.1, 0.15) is 23.8 Å². The highest BCUT2D eigenvalue weighted by atomic mass is 19.1. The fourth-order valence-electron chi connectivity index (χ4n) is 2.44. The number of nitrogens with one attached hydrogen (secondary N) is 2.